The second kappa shape index (κ2) is 7.52. The van der Waals surface area contributed by atoms with E-state index < -0.39 is 0 Å². The molecule has 1 aromatic heterocycles. The average Bonchev–Trinajstić information content (AvgIpc) is 3.45. The zero-order chi connectivity index (χ0) is 20.6. The maximum absolute atomic E-state index is 13.2. The van der Waals surface area contributed by atoms with Crippen molar-refractivity contribution in [3.63, 3.8) is 0 Å². The summed E-state index contributed by atoms with van der Waals surface area (Å²) in [6, 6.07) is 13.9. The molecule has 0 N–H and O–H groups in total. The Labute approximate surface area is 176 Å². The van der Waals surface area contributed by atoms with Gasteiger partial charge in [-0.25, -0.2) is 4.98 Å². The fraction of sp³-hybridized carbons (Fsp3) is 0.333. The van der Waals surface area contributed by atoms with Gasteiger partial charge in [0.25, 0.3) is 5.91 Å². The number of aromatic nitrogens is 2. The van der Waals surface area contributed by atoms with Crippen LogP contribution in [-0.2, 0) is 6.42 Å². The van der Waals surface area contributed by atoms with Crippen LogP contribution in [0, 0.1) is 5.41 Å². The molecule has 1 fully saturated rings. The lowest BCUT2D eigenvalue weighted by Gasteiger charge is -2.41. The molecule has 0 radical (unpaired) electrons. The van der Waals surface area contributed by atoms with Gasteiger partial charge in [0.1, 0.15) is 0 Å². The number of fused-ring (bicyclic) bond motifs is 1. The standard InChI is InChI=1S/C24H25N3O3/c1-24(14-18-3-8-21-22(13-18)30-17-29-21)9-2-11-26(15-24)23(28)19-4-6-20(7-5-19)27-12-10-25-16-27/h3-8,10,12-13,16H,2,9,11,14-15,17H2,1H3/t24-/m0/s1. The first-order chi connectivity index (χ1) is 14.6. The van der Waals surface area contributed by atoms with Crippen LogP contribution in [0.3, 0.4) is 0 Å². The molecule has 154 valence electrons. The van der Waals surface area contributed by atoms with E-state index in [4.69, 9.17) is 9.47 Å². The van der Waals surface area contributed by atoms with Crippen molar-refractivity contribution in [2.75, 3.05) is 19.9 Å². The lowest BCUT2D eigenvalue weighted by atomic mass is 9.76. The molecule has 1 saturated heterocycles. The molecule has 0 unspecified atom stereocenters. The van der Waals surface area contributed by atoms with Crippen molar-refractivity contribution < 1.29 is 14.3 Å². The van der Waals surface area contributed by atoms with Crippen LogP contribution in [0.25, 0.3) is 5.69 Å². The molecule has 5 rings (SSSR count). The van der Waals surface area contributed by atoms with Gasteiger partial charge in [0, 0.05) is 36.7 Å². The summed E-state index contributed by atoms with van der Waals surface area (Å²) >= 11 is 0. The Kier molecular flexibility index (Phi) is 4.69. The number of benzene rings is 2. The second-order valence-corrected chi connectivity index (χ2v) is 8.52. The average molecular weight is 403 g/mol. The molecule has 2 aliphatic heterocycles. The smallest absolute Gasteiger partial charge is 0.253 e. The lowest BCUT2D eigenvalue weighted by Crippen LogP contribution is -2.45. The summed E-state index contributed by atoms with van der Waals surface area (Å²) in [5.41, 5.74) is 2.99. The van der Waals surface area contributed by atoms with E-state index in [9.17, 15) is 4.79 Å². The van der Waals surface area contributed by atoms with Crippen molar-refractivity contribution in [3.05, 3.63) is 72.3 Å². The first-order valence-corrected chi connectivity index (χ1v) is 10.4. The molecule has 1 atom stereocenters. The molecule has 3 heterocycles. The zero-order valence-corrected chi connectivity index (χ0v) is 17.1. The lowest BCUT2D eigenvalue weighted by molar-refractivity contribution is 0.0550. The van der Waals surface area contributed by atoms with Gasteiger partial charge in [0.15, 0.2) is 11.5 Å². The van der Waals surface area contributed by atoms with Gasteiger partial charge in [-0.1, -0.05) is 13.0 Å². The zero-order valence-electron chi connectivity index (χ0n) is 17.1. The fourth-order valence-corrected chi connectivity index (χ4v) is 4.55. The van der Waals surface area contributed by atoms with Gasteiger partial charge in [-0.05, 0) is 66.6 Å². The summed E-state index contributed by atoms with van der Waals surface area (Å²) in [5.74, 6) is 1.73. The van der Waals surface area contributed by atoms with Crippen LogP contribution in [0.1, 0.15) is 35.7 Å². The van der Waals surface area contributed by atoms with Crippen LogP contribution in [-0.4, -0.2) is 40.2 Å². The molecule has 6 nitrogen and oxygen atoms in total. The van der Waals surface area contributed by atoms with E-state index in [1.807, 2.05) is 46.0 Å². The Balaban J connectivity index is 1.29. The molecule has 6 heteroatoms. The predicted octanol–water partition coefficient (Wildman–Crippen LogP) is 4.09. The Morgan fingerprint density at radius 3 is 2.77 bits per heavy atom. The van der Waals surface area contributed by atoms with Crippen LogP contribution in [0.2, 0.25) is 0 Å². The third kappa shape index (κ3) is 3.65. The van der Waals surface area contributed by atoms with Gasteiger partial charge < -0.3 is 18.9 Å². The highest BCUT2D eigenvalue weighted by Crippen LogP contribution is 2.38. The molecule has 1 amide bonds. The molecule has 3 aromatic rings. The number of likely N-dealkylation sites (tertiary alicyclic amines) is 1. The highest BCUT2D eigenvalue weighted by atomic mass is 16.7. The van der Waals surface area contributed by atoms with Crippen molar-refractivity contribution in [2.24, 2.45) is 5.41 Å². The first-order valence-electron chi connectivity index (χ1n) is 10.4. The first kappa shape index (κ1) is 18.7. The Bertz CT molecular complexity index is 1050. The number of nitrogens with zero attached hydrogens (tertiary/aromatic N) is 3. The van der Waals surface area contributed by atoms with Gasteiger partial charge in [-0.3, -0.25) is 4.79 Å². The van der Waals surface area contributed by atoms with Gasteiger partial charge >= 0.3 is 0 Å². The SMILES string of the molecule is C[C@@]1(Cc2ccc3c(c2)OCO3)CCCN(C(=O)c2ccc(-n3ccnc3)cc2)C1. The Morgan fingerprint density at radius 2 is 1.97 bits per heavy atom. The minimum Gasteiger partial charge on any atom is -0.454 e. The molecule has 0 saturated carbocycles. The number of hydrogen-bond donors (Lipinski definition) is 0. The van der Waals surface area contributed by atoms with Crippen molar-refractivity contribution >= 4 is 5.91 Å². The summed E-state index contributed by atoms with van der Waals surface area (Å²) in [7, 11) is 0. The van der Waals surface area contributed by atoms with Crippen molar-refractivity contribution in [2.45, 2.75) is 26.2 Å². The van der Waals surface area contributed by atoms with Gasteiger partial charge in [0.05, 0.1) is 6.33 Å². The molecule has 0 bridgehead atoms. The fourth-order valence-electron chi connectivity index (χ4n) is 4.55. The van der Waals surface area contributed by atoms with Gasteiger partial charge in [-0.2, -0.15) is 0 Å². The highest BCUT2D eigenvalue weighted by molar-refractivity contribution is 5.94. The maximum Gasteiger partial charge on any atom is 0.253 e. The molecular weight excluding hydrogens is 378 g/mol. The summed E-state index contributed by atoms with van der Waals surface area (Å²) in [6.45, 7) is 4.12. The summed E-state index contributed by atoms with van der Waals surface area (Å²) in [4.78, 5) is 19.2. The molecule has 0 spiro atoms. The van der Waals surface area contributed by atoms with E-state index in [2.05, 4.69) is 24.0 Å². The van der Waals surface area contributed by atoms with E-state index in [0.29, 0.717) is 0 Å². The van der Waals surface area contributed by atoms with Crippen LogP contribution >= 0.6 is 0 Å². The molecule has 2 aliphatic rings. The Morgan fingerprint density at radius 1 is 1.13 bits per heavy atom. The minimum absolute atomic E-state index is 0.0400. The summed E-state index contributed by atoms with van der Waals surface area (Å²) in [6.07, 6.45) is 8.41. The third-order valence-electron chi connectivity index (χ3n) is 6.05. The van der Waals surface area contributed by atoms with E-state index >= 15 is 0 Å². The normalized spacial score (nSPS) is 20.4. The van der Waals surface area contributed by atoms with E-state index in [-0.39, 0.29) is 18.1 Å². The monoisotopic (exact) mass is 403 g/mol. The quantitative estimate of drug-likeness (QED) is 0.659. The minimum atomic E-state index is 0.0400. The molecule has 30 heavy (non-hydrogen) atoms. The predicted molar refractivity (Wildman–Crippen MR) is 113 cm³/mol. The number of piperidine rings is 1. The molecule has 2 aromatic carbocycles. The number of carbonyl (C=O) groups excluding carboxylic acids is 1. The van der Waals surface area contributed by atoms with E-state index in [1.54, 1.807) is 12.5 Å². The van der Waals surface area contributed by atoms with Gasteiger partial charge in [-0.15, -0.1) is 0 Å². The van der Waals surface area contributed by atoms with Crippen molar-refractivity contribution in [1.82, 2.24) is 14.5 Å². The highest BCUT2D eigenvalue weighted by Gasteiger charge is 2.34. The van der Waals surface area contributed by atoms with Crippen molar-refractivity contribution in [3.8, 4) is 17.2 Å². The summed E-state index contributed by atoms with van der Waals surface area (Å²) < 4.78 is 12.9. The maximum atomic E-state index is 13.2. The molecular formula is C24H25N3O3. The number of amides is 1. The number of carbonyl (C=O) groups is 1. The van der Waals surface area contributed by atoms with Crippen LogP contribution in [0.4, 0.5) is 0 Å². The van der Waals surface area contributed by atoms with Crippen LogP contribution in [0.5, 0.6) is 11.5 Å². The number of imidazole rings is 1. The van der Waals surface area contributed by atoms with Gasteiger partial charge in [0.2, 0.25) is 6.79 Å². The second-order valence-electron chi connectivity index (χ2n) is 8.52. The molecule has 0 aliphatic carbocycles. The number of hydrogen-bond acceptors (Lipinski definition) is 4. The summed E-state index contributed by atoms with van der Waals surface area (Å²) in [5, 5.41) is 0. The number of rotatable bonds is 4. The van der Waals surface area contributed by atoms with Crippen molar-refractivity contribution in [1.29, 1.82) is 0 Å². The van der Waals surface area contributed by atoms with Crippen LogP contribution in [0.15, 0.2) is 61.2 Å². The third-order valence-corrected chi connectivity index (χ3v) is 6.05. The van der Waals surface area contributed by atoms with E-state index in [1.165, 1.54) is 5.56 Å². The topological polar surface area (TPSA) is 56.6 Å². The number of ether oxygens (including phenoxy) is 2. The Hall–Kier alpha value is -3.28. The van der Waals surface area contributed by atoms with E-state index in [0.717, 1.165) is 55.1 Å². The van der Waals surface area contributed by atoms with Crippen LogP contribution < -0.4 is 9.47 Å². The largest absolute Gasteiger partial charge is 0.454 e.